The second kappa shape index (κ2) is 7.06. The van der Waals surface area contributed by atoms with Gasteiger partial charge in [0.2, 0.25) is 0 Å². The molecule has 0 heterocycles. The Kier molecular flexibility index (Phi) is 5.25. The van der Waals surface area contributed by atoms with Crippen LogP contribution in [0.1, 0.15) is 52.0 Å². The molecule has 2 saturated carbocycles. The van der Waals surface area contributed by atoms with E-state index in [1.165, 1.54) is 0 Å². The van der Waals surface area contributed by atoms with E-state index in [1.54, 1.807) is 0 Å². The largest absolute Gasteiger partial charge is 0.494 e. The molecule has 2 aliphatic rings. The lowest BCUT2D eigenvalue weighted by Gasteiger charge is -2.34. The summed E-state index contributed by atoms with van der Waals surface area (Å²) in [6.45, 7) is 6.42. The van der Waals surface area contributed by atoms with Crippen molar-refractivity contribution < 1.29 is 22.5 Å². The third-order valence-electron chi connectivity index (χ3n) is 6.53. The molecule has 0 saturated heterocycles. The van der Waals surface area contributed by atoms with Gasteiger partial charge in [-0.05, 0) is 49.0 Å². The molecule has 2 bridgehead atoms. The predicted octanol–water partition coefficient (Wildman–Crippen LogP) is 4.14. The summed E-state index contributed by atoms with van der Waals surface area (Å²) in [6, 6.07) is 7.61. The van der Waals surface area contributed by atoms with Crippen LogP contribution in [-0.4, -0.2) is 31.1 Å². The predicted molar refractivity (Wildman–Crippen MR) is 105 cm³/mol. The third-order valence-corrected chi connectivity index (χ3v) is 7.49. The van der Waals surface area contributed by atoms with Crippen molar-refractivity contribution in [2.24, 2.45) is 16.7 Å². The van der Waals surface area contributed by atoms with Crippen LogP contribution in [0, 0.1) is 16.7 Å². The number of allylic oxidation sites excluding steroid dienone is 1. The summed E-state index contributed by atoms with van der Waals surface area (Å²) in [5.41, 5.74) is 0.00565. The zero-order chi connectivity index (χ0) is 19.9. The van der Waals surface area contributed by atoms with E-state index in [4.69, 9.17) is 4.74 Å². The number of Topliss-reactive ketones (excluding diaryl/α,β-unsaturated/α-hetero) is 1. The van der Waals surface area contributed by atoms with Crippen molar-refractivity contribution in [3.63, 3.8) is 0 Å². The number of unbranched alkanes of at least 4 members (excludes halogenated alkanes) is 1. The van der Waals surface area contributed by atoms with Crippen molar-refractivity contribution in [3.8, 4) is 5.75 Å². The van der Waals surface area contributed by atoms with Crippen LogP contribution in [0.5, 0.6) is 5.75 Å². The van der Waals surface area contributed by atoms with E-state index in [0.29, 0.717) is 18.6 Å². The van der Waals surface area contributed by atoms with Crippen molar-refractivity contribution in [1.29, 1.82) is 0 Å². The fraction of sp³-hybridized carbons (Fsp3) is 0.571. The van der Waals surface area contributed by atoms with E-state index in [0.717, 1.165) is 30.6 Å². The molecular formula is C21H28O5S. The highest BCUT2D eigenvalue weighted by molar-refractivity contribution is 7.85. The number of carbonyl (C=O) groups excluding carboxylic acids is 1. The molecule has 148 valence electrons. The minimum atomic E-state index is -4.17. The van der Waals surface area contributed by atoms with Gasteiger partial charge in [-0.3, -0.25) is 9.35 Å². The molecule has 6 heteroatoms. The molecule has 5 nitrogen and oxygen atoms in total. The van der Waals surface area contributed by atoms with E-state index in [1.807, 2.05) is 44.2 Å². The van der Waals surface area contributed by atoms with Gasteiger partial charge >= 0.3 is 0 Å². The highest BCUT2D eigenvalue weighted by Crippen LogP contribution is 2.66. The zero-order valence-corrected chi connectivity index (χ0v) is 17.0. The topological polar surface area (TPSA) is 80.7 Å². The minimum absolute atomic E-state index is 0.00204. The summed E-state index contributed by atoms with van der Waals surface area (Å²) in [6.07, 6.45) is 5.32. The Hall–Kier alpha value is -1.66. The fourth-order valence-corrected chi connectivity index (χ4v) is 6.06. The fourth-order valence-electron chi connectivity index (χ4n) is 4.78. The molecule has 1 aromatic carbocycles. The van der Waals surface area contributed by atoms with Crippen molar-refractivity contribution >= 4 is 22.0 Å². The normalized spacial score (nSPS) is 31.6. The number of hydrogen-bond acceptors (Lipinski definition) is 4. The lowest BCUT2D eigenvalue weighted by molar-refractivity contribution is -0.125. The van der Waals surface area contributed by atoms with Crippen LogP contribution in [0.25, 0.3) is 6.08 Å². The van der Waals surface area contributed by atoms with Crippen LogP contribution >= 0.6 is 0 Å². The maximum Gasteiger partial charge on any atom is 0.265 e. The van der Waals surface area contributed by atoms with Gasteiger partial charge in [0.25, 0.3) is 10.1 Å². The average Bonchev–Trinajstić information content (AvgIpc) is 2.89. The monoisotopic (exact) mass is 392 g/mol. The van der Waals surface area contributed by atoms with Crippen LogP contribution < -0.4 is 4.74 Å². The van der Waals surface area contributed by atoms with Crippen LogP contribution in [0.15, 0.2) is 29.8 Å². The van der Waals surface area contributed by atoms with Gasteiger partial charge < -0.3 is 4.74 Å². The molecule has 1 N–H and O–H groups in total. The maximum atomic E-state index is 13.1. The first-order valence-corrected chi connectivity index (χ1v) is 11.2. The van der Waals surface area contributed by atoms with E-state index in [9.17, 15) is 17.8 Å². The molecule has 2 fully saturated rings. The molecule has 1 aromatic rings. The molecule has 0 radical (unpaired) electrons. The molecule has 0 spiro atoms. The summed E-state index contributed by atoms with van der Waals surface area (Å²) < 4.78 is 38.4. The van der Waals surface area contributed by atoms with Crippen LogP contribution in [0.3, 0.4) is 0 Å². The molecule has 27 heavy (non-hydrogen) atoms. The Morgan fingerprint density at radius 3 is 2.74 bits per heavy atom. The number of carbonyl (C=O) groups is 1. The Morgan fingerprint density at radius 1 is 1.33 bits per heavy atom. The van der Waals surface area contributed by atoms with E-state index in [2.05, 4.69) is 6.92 Å². The first-order valence-electron chi connectivity index (χ1n) is 9.55. The van der Waals surface area contributed by atoms with E-state index < -0.39 is 20.9 Å². The van der Waals surface area contributed by atoms with Crippen molar-refractivity contribution in [1.82, 2.24) is 0 Å². The van der Waals surface area contributed by atoms with Gasteiger partial charge in [0.1, 0.15) is 5.75 Å². The summed E-state index contributed by atoms with van der Waals surface area (Å²) in [7, 11) is -4.17. The Labute approximate surface area is 161 Å². The Morgan fingerprint density at radius 2 is 2.07 bits per heavy atom. The first kappa shape index (κ1) is 20.1. The molecular weight excluding hydrogens is 364 g/mol. The second-order valence-electron chi connectivity index (χ2n) is 8.27. The van der Waals surface area contributed by atoms with Crippen molar-refractivity contribution in [2.75, 3.05) is 12.4 Å². The van der Waals surface area contributed by atoms with Crippen molar-refractivity contribution in [2.45, 2.75) is 46.5 Å². The zero-order valence-electron chi connectivity index (χ0n) is 16.2. The lowest BCUT2D eigenvalue weighted by atomic mass is 9.70. The maximum absolute atomic E-state index is 13.1. The molecule has 3 rings (SSSR count). The smallest absolute Gasteiger partial charge is 0.265 e. The second-order valence-corrected chi connectivity index (χ2v) is 9.72. The molecule has 3 atom stereocenters. The van der Waals surface area contributed by atoms with Gasteiger partial charge in [-0.25, -0.2) is 0 Å². The van der Waals surface area contributed by atoms with Gasteiger partial charge in [-0.1, -0.05) is 39.3 Å². The lowest BCUT2D eigenvalue weighted by Crippen LogP contribution is -2.40. The van der Waals surface area contributed by atoms with Crippen LogP contribution in [0.4, 0.5) is 0 Å². The standard InChI is InChI=1S/C21H28O5S/c1-4-5-11-26-16-8-6-7-15(12-16)13-17-18-9-10-20(2,19(17)22)21(18,3)14-27(23,24)25/h6-8,12-13,18H,4-5,9-11,14H2,1-3H3,(H,23,24,25)/b17-13+. The number of benzene rings is 1. The average molecular weight is 393 g/mol. The Bertz CT molecular complexity index is 872. The molecule has 3 unspecified atom stereocenters. The van der Waals surface area contributed by atoms with Gasteiger partial charge in [0, 0.05) is 16.4 Å². The van der Waals surface area contributed by atoms with Gasteiger partial charge in [-0.15, -0.1) is 0 Å². The molecule has 0 amide bonds. The summed E-state index contributed by atoms with van der Waals surface area (Å²) in [5, 5.41) is 0. The first-order chi connectivity index (χ1) is 12.6. The highest BCUT2D eigenvalue weighted by Gasteiger charge is 2.67. The van der Waals surface area contributed by atoms with E-state index in [-0.39, 0.29) is 17.5 Å². The summed E-state index contributed by atoms with van der Waals surface area (Å²) in [4.78, 5) is 13.1. The number of rotatable bonds is 7. The third kappa shape index (κ3) is 3.57. The minimum Gasteiger partial charge on any atom is -0.494 e. The molecule has 0 aliphatic heterocycles. The van der Waals surface area contributed by atoms with Crippen LogP contribution in [-0.2, 0) is 14.9 Å². The number of fused-ring (bicyclic) bond motifs is 2. The van der Waals surface area contributed by atoms with Gasteiger partial charge in [0.05, 0.1) is 12.4 Å². The number of ketones is 1. The molecule has 2 aliphatic carbocycles. The molecule has 0 aromatic heterocycles. The van der Waals surface area contributed by atoms with Crippen LogP contribution in [0.2, 0.25) is 0 Å². The number of hydrogen-bond donors (Lipinski definition) is 1. The quantitative estimate of drug-likeness (QED) is 0.428. The summed E-state index contributed by atoms with van der Waals surface area (Å²) >= 11 is 0. The summed E-state index contributed by atoms with van der Waals surface area (Å²) in [5.74, 6) is 0.217. The SMILES string of the molecule is CCCCOc1cccc(/C=C2/C(=O)C3(C)CCC2C3(C)CS(=O)(=O)O)c1. The Balaban J connectivity index is 1.92. The number of ether oxygens (including phenoxy) is 1. The van der Waals surface area contributed by atoms with Gasteiger partial charge in [0.15, 0.2) is 5.78 Å². The highest BCUT2D eigenvalue weighted by atomic mass is 32.2. The van der Waals surface area contributed by atoms with Gasteiger partial charge in [-0.2, -0.15) is 8.42 Å². The van der Waals surface area contributed by atoms with Crippen molar-refractivity contribution in [3.05, 3.63) is 35.4 Å². The van der Waals surface area contributed by atoms with E-state index >= 15 is 0 Å².